The fourth-order valence-corrected chi connectivity index (χ4v) is 2.45. The summed E-state index contributed by atoms with van der Waals surface area (Å²) in [6.45, 7) is 1.75. The monoisotopic (exact) mass is 369 g/mol. The van der Waals surface area contributed by atoms with Gasteiger partial charge in [-0.15, -0.1) is 23.2 Å². The summed E-state index contributed by atoms with van der Waals surface area (Å²) in [5.74, 6) is -1.10. The number of carbonyl (C=O) groups is 2. The predicted molar refractivity (Wildman–Crippen MR) is 85.1 cm³/mol. The molecule has 1 rings (SSSR count). The number of carbonyl (C=O) groups excluding carboxylic acids is 1. The van der Waals surface area contributed by atoms with Crippen molar-refractivity contribution in [2.75, 3.05) is 18.3 Å². The van der Waals surface area contributed by atoms with Crippen molar-refractivity contribution in [3.05, 3.63) is 29.8 Å². The molecule has 124 valence electrons. The molecule has 0 unspecified atom stereocenters. The molecule has 1 aromatic carbocycles. The van der Waals surface area contributed by atoms with Gasteiger partial charge in [0.25, 0.3) is 0 Å². The van der Waals surface area contributed by atoms with Crippen LogP contribution >= 0.6 is 23.2 Å². The fraction of sp³-hybridized carbons (Fsp3) is 0.385. The van der Waals surface area contributed by atoms with E-state index in [1.165, 1.54) is 12.1 Å². The van der Waals surface area contributed by atoms with E-state index in [-0.39, 0.29) is 35.4 Å². The Kier molecular flexibility index (Phi) is 10.0. The third kappa shape index (κ3) is 8.99. The van der Waals surface area contributed by atoms with Gasteiger partial charge in [-0.3, -0.25) is 9.59 Å². The predicted octanol–water partition coefficient (Wildman–Crippen LogP) is 1.78. The Labute approximate surface area is 139 Å². The Morgan fingerprint density at radius 2 is 1.64 bits per heavy atom. The van der Waals surface area contributed by atoms with Crippen molar-refractivity contribution in [3.8, 4) is 0 Å². The number of sulfonamides is 1. The summed E-state index contributed by atoms with van der Waals surface area (Å²) in [5, 5.41) is 8.38. The number of rotatable bonds is 7. The lowest BCUT2D eigenvalue weighted by atomic mass is 10.2. The molecule has 0 saturated carbocycles. The van der Waals surface area contributed by atoms with Crippen molar-refractivity contribution in [1.29, 1.82) is 0 Å². The second kappa shape index (κ2) is 10.6. The first kappa shape index (κ1) is 20.9. The molecule has 0 heterocycles. The van der Waals surface area contributed by atoms with E-state index in [1.54, 1.807) is 12.1 Å². The van der Waals surface area contributed by atoms with Crippen LogP contribution in [-0.2, 0) is 19.6 Å². The number of Topliss-reactive ketones (excluding diaryl/α,β-unsaturated/α-hetero) is 1. The van der Waals surface area contributed by atoms with E-state index in [0.29, 0.717) is 0 Å². The number of nitrogens with one attached hydrogen (secondary N) is 1. The Hall–Kier alpha value is -1.15. The maximum absolute atomic E-state index is 11.6. The number of halogens is 2. The van der Waals surface area contributed by atoms with E-state index < -0.39 is 16.0 Å². The number of carboxylic acid groups (broad SMARTS) is 1. The van der Waals surface area contributed by atoms with Gasteiger partial charge in [0.2, 0.25) is 10.0 Å². The van der Waals surface area contributed by atoms with Crippen molar-refractivity contribution in [2.45, 2.75) is 18.2 Å². The first-order chi connectivity index (χ1) is 10.2. The lowest BCUT2D eigenvalue weighted by molar-refractivity contribution is -0.136. The number of hydrogen-bond acceptors (Lipinski definition) is 4. The molecule has 6 nitrogen and oxygen atoms in total. The van der Waals surface area contributed by atoms with Gasteiger partial charge in [0.05, 0.1) is 23.1 Å². The van der Waals surface area contributed by atoms with Gasteiger partial charge in [-0.1, -0.05) is 17.7 Å². The first-order valence-corrected chi connectivity index (χ1v) is 8.70. The minimum atomic E-state index is -3.59. The second-order valence-electron chi connectivity index (χ2n) is 4.16. The Balaban J connectivity index is 0.000000626. The van der Waals surface area contributed by atoms with Gasteiger partial charge in [-0.05, 0) is 19.1 Å². The number of ketones is 1. The van der Waals surface area contributed by atoms with Crippen LogP contribution in [0.5, 0.6) is 0 Å². The zero-order chi connectivity index (χ0) is 17.2. The van der Waals surface area contributed by atoms with Crippen LogP contribution in [0.4, 0.5) is 0 Å². The van der Waals surface area contributed by atoms with Crippen LogP contribution < -0.4 is 4.72 Å². The average Bonchev–Trinajstić information content (AvgIpc) is 2.47. The summed E-state index contributed by atoms with van der Waals surface area (Å²) in [7, 11) is -3.59. The number of aliphatic carboxylic acids is 1. The maximum Gasteiger partial charge on any atom is 0.304 e. The van der Waals surface area contributed by atoms with Crippen LogP contribution in [0, 0.1) is 6.92 Å². The smallest absolute Gasteiger partial charge is 0.304 e. The number of aryl methyl sites for hydroxylation is 1. The number of benzene rings is 1. The van der Waals surface area contributed by atoms with Crippen LogP contribution in [0.2, 0.25) is 0 Å². The zero-order valence-corrected chi connectivity index (χ0v) is 14.2. The average molecular weight is 370 g/mol. The summed E-state index contributed by atoms with van der Waals surface area (Å²) in [5.41, 5.74) is 0.962. The molecular weight excluding hydrogens is 353 g/mol. The molecule has 9 heteroatoms. The quantitative estimate of drug-likeness (QED) is 0.713. The van der Waals surface area contributed by atoms with E-state index in [9.17, 15) is 18.0 Å². The lowest BCUT2D eigenvalue weighted by Crippen LogP contribution is -2.26. The van der Waals surface area contributed by atoms with E-state index in [4.69, 9.17) is 28.3 Å². The molecule has 0 bridgehead atoms. The molecule has 0 aliphatic carbocycles. The summed E-state index contributed by atoms with van der Waals surface area (Å²) in [4.78, 5) is 20.3. The van der Waals surface area contributed by atoms with Crippen molar-refractivity contribution < 1.29 is 23.1 Å². The van der Waals surface area contributed by atoms with Crippen LogP contribution in [0.1, 0.15) is 12.0 Å². The molecule has 2 N–H and O–H groups in total. The molecule has 0 aliphatic rings. The van der Waals surface area contributed by atoms with Gasteiger partial charge < -0.3 is 5.11 Å². The van der Waals surface area contributed by atoms with Crippen LogP contribution in [0.3, 0.4) is 0 Å². The lowest BCUT2D eigenvalue weighted by Gasteiger charge is -2.05. The molecule has 22 heavy (non-hydrogen) atoms. The minimum Gasteiger partial charge on any atom is -0.481 e. The number of carboxylic acids is 1. The molecule has 0 aliphatic heterocycles. The van der Waals surface area contributed by atoms with Gasteiger partial charge in [-0.25, -0.2) is 13.1 Å². The maximum atomic E-state index is 11.6. The first-order valence-electron chi connectivity index (χ1n) is 6.14. The van der Waals surface area contributed by atoms with E-state index in [1.807, 2.05) is 6.92 Å². The van der Waals surface area contributed by atoms with Crippen LogP contribution in [-0.4, -0.2) is 43.6 Å². The fourth-order valence-electron chi connectivity index (χ4n) is 1.13. The summed E-state index contributed by atoms with van der Waals surface area (Å²) < 4.78 is 25.5. The van der Waals surface area contributed by atoms with Crippen molar-refractivity contribution in [1.82, 2.24) is 4.72 Å². The highest BCUT2D eigenvalue weighted by molar-refractivity contribution is 7.89. The van der Waals surface area contributed by atoms with Crippen molar-refractivity contribution in [3.63, 3.8) is 0 Å². The zero-order valence-electron chi connectivity index (χ0n) is 11.9. The summed E-state index contributed by atoms with van der Waals surface area (Å²) in [6, 6.07) is 6.34. The van der Waals surface area contributed by atoms with Crippen LogP contribution in [0.25, 0.3) is 0 Å². The molecular formula is C13H17Cl2NO5S. The third-order valence-electron chi connectivity index (χ3n) is 2.26. The molecule has 1 aromatic rings. The number of alkyl halides is 2. The molecule has 0 fully saturated rings. The number of hydrogen-bond donors (Lipinski definition) is 2. The third-order valence-corrected chi connectivity index (χ3v) is 4.33. The highest BCUT2D eigenvalue weighted by Gasteiger charge is 2.13. The minimum absolute atomic E-state index is 0.0312. The highest BCUT2D eigenvalue weighted by Crippen LogP contribution is 2.09. The Bertz CT molecular complexity index is 581. The SMILES string of the molecule is Cc1ccc(S(=O)(=O)NCCC(=O)O)cc1.O=C(CCl)CCl. The molecule has 0 saturated heterocycles. The summed E-state index contributed by atoms with van der Waals surface area (Å²) in [6.07, 6.45) is -0.231. The molecule has 0 amide bonds. The Morgan fingerprint density at radius 1 is 1.14 bits per heavy atom. The van der Waals surface area contributed by atoms with Gasteiger partial charge in [0.1, 0.15) is 0 Å². The van der Waals surface area contributed by atoms with Crippen LogP contribution in [0.15, 0.2) is 29.2 Å². The van der Waals surface area contributed by atoms with Crippen molar-refractivity contribution in [2.24, 2.45) is 0 Å². The normalized spacial score (nSPS) is 10.5. The van der Waals surface area contributed by atoms with E-state index in [0.717, 1.165) is 5.56 Å². The molecule has 0 radical (unpaired) electrons. The molecule has 0 atom stereocenters. The van der Waals surface area contributed by atoms with Gasteiger partial charge in [-0.2, -0.15) is 0 Å². The van der Waals surface area contributed by atoms with Gasteiger partial charge in [0, 0.05) is 6.54 Å². The van der Waals surface area contributed by atoms with Gasteiger partial charge >= 0.3 is 5.97 Å². The highest BCUT2D eigenvalue weighted by atomic mass is 35.5. The second-order valence-corrected chi connectivity index (χ2v) is 6.46. The van der Waals surface area contributed by atoms with Gasteiger partial charge in [0.15, 0.2) is 5.78 Å². The molecule has 0 spiro atoms. The van der Waals surface area contributed by atoms with E-state index >= 15 is 0 Å². The van der Waals surface area contributed by atoms with E-state index in [2.05, 4.69) is 4.72 Å². The Morgan fingerprint density at radius 3 is 2.00 bits per heavy atom. The molecule has 0 aromatic heterocycles. The largest absolute Gasteiger partial charge is 0.481 e. The summed E-state index contributed by atoms with van der Waals surface area (Å²) >= 11 is 10.0. The topological polar surface area (TPSA) is 101 Å². The standard InChI is InChI=1S/C10H13NO4S.C3H4Cl2O/c1-8-2-4-9(5-3-8)16(14,15)11-7-6-10(12)13;4-1-3(6)2-5/h2-5,11H,6-7H2,1H3,(H,12,13);1-2H2. The van der Waals surface area contributed by atoms with Crippen molar-refractivity contribution >= 4 is 45.0 Å².